The lowest BCUT2D eigenvalue weighted by Crippen LogP contribution is -2.43. The lowest BCUT2D eigenvalue weighted by atomic mass is 10.3. The molecule has 0 saturated heterocycles. The Balaban J connectivity index is 3.84. The molecule has 0 aromatic heterocycles. The molecule has 0 spiro atoms. The Kier molecular flexibility index (Phi) is 9.16. The van der Waals surface area contributed by atoms with Gasteiger partial charge in [0.1, 0.15) is 0 Å². The molecular formula is C13H26N2O4. The first-order valence-electron chi connectivity index (χ1n) is 6.67. The maximum absolute atomic E-state index is 11.6. The van der Waals surface area contributed by atoms with Crippen molar-refractivity contribution >= 4 is 11.9 Å². The van der Waals surface area contributed by atoms with E-state index in [9.17, 15) is 9.59 Å². The van der Waals surface area contributed by atoms with Crippen molar-refractivity contribution in [3.05, 3.63) is 0 Å². The Labute approximate surface area is 115 Å². The fraction of sp³-hybridized carbons (Fsp3) is 0.846. The molecule has 6 heteroatoms. The van der Waals surface area contributed by atoms with E-state index in [1.165, 1.54) is 0 Å². The second-order valence-electron chi connectivity index (χ2n) is 5.02. The Morgan fingerprint density at radius 3 is 2.32 bits per heavy atom. The number of carboxylic acid groups (broad SMARTS) is 1. The lowest BCUT2D eigenvalue weighted by Gasteiger charge is -2.23. The molecule has 6 nitrogen and oxygen atoms in total. The zero-order chi connectivity index (χ0) is 14.8. The molecule has 112 valence electrons. The van der Waals surface area contributed by atoms with Crippen LogP contribution in [0.4, 0.5) is 0 Å². The van der Waals surface area contributed by atoms with Crippen molar-refractivity contribution in [1.82, 2.24) is 10.2 Å². The van der Waals surface area contributed by atoms with Crippen LogP contribution in [0.5, 0.6) is 0 Å². The van der Waals surface area contributed by atoms with Crippen molar-refractivity contribution in [2.24, 2.45) is 0 Å². The van der Waals surface area contributed by atoms with Gasteiger partial charge in [-0.05, 0) is 34.1 Å². The number of hydrogen-bond acceptors (Lipinski definition) is 4. The van der Waals surface area contributed by atoms with Crippen molar-refractivity contribution in [2.75, 3.05) is 26.2 Å². The summed E-state index contributed by atoms with van der Waals surface area (Å²) in [5, 5.41) is 11.5. The first-order valence-corrected chi connectivity index (χ1v) is 6.67. The summed E-state index contributed by atoms with van der Waals surface area (Å²) in [6.07, 6.45) is 0.951. The van der Waals surface area contributed by atoms with Crippen LogP contribution in [0.2, 0.25) is 0 Å². The summed E-state index contributed by atoms with van der Waals surface area (Å²) >= 11 is 0. The number of carbonyl (C=O) groups is 2. The monoisotopic (exact) mass is 274 g/mol. The van der Waals surface area contributed by atoms with Gasteiger partial charge in [-0.15, -0.1) is 0 Å². The zero-order valence-corrected chi connectivity index (χ0v) is 12.3. The van der Waals surface area contributed by atoms with E-state index in [2.05, 4.69) is 5.32 Å². The van der Waals surface area contributed by atoms with E-state index in [0.717, 1.165) is 6.42 Å². The van der Waals surface area contributed by atoms with Gasteiger partial charge in [0.15, 0.2) is 0 Å². The van der Waals surface area contributed by atoms with Crippen molar-refractivity contribution in [2.45, 2.75) is 46.3 Å². The molecule has 0 saturated carbocycles. The first-order chi connectivity index (χ1) is 8.82. The Hall–Kier alpha value is -1.14. The SMILES string of the molecule is CC(C)OCCCNC(=O)CN(CC(=O)O)C(C)C. The van der Waals surface area contributed by atoms with E-state index in [0.29, 0.717) is 13.2 Å². The number of hydrogen-bond donors (Lipinski definition) is 2. The smallest absolute Gasteiger partial charge is 0.317 e. The van der Waals surface area contributed by atoms with Crippen LogP contribution in [0.15, 0.2) is 0 Å². The number of carboxylic acids is 1. The topological polar surface area (TPSA) is 78.9 Å². The summed E-state index contributed by atoms with van der Waals surface area (Å²) in [5.74, 6) is -1.08. The number of carbonyl (C=O) groups excluding carboxylic acids is 1. The third-order valence-corrected chi connectivity index (χ3v) is 2.51. The Morgan fingerprint density at radius 1 is 1.21 bits per heavy atom. The number of aliphatic carboxylic acids is 1. The van der Waals surface area contributed by atoms with E-state index in [-0.39, 0.29) is 31.1 Å². The number of rotatable bonds is 10. The summed E-state index contributed by atoms with van der Waals surface area (Å²) in [4.78, 5) is 23.9. The minimum atomic E-state index is -0.924. The standard InChI is InChI=1S/C13H26N2O4/c1-10(2)15(9-13(17)18)8-12(16)14-6-5-7-19-11(3)4/h10-11H,5-9H2,1-4H3,(H,14,16)(H,17,18). The molecule has 19 heavy (non-hydrogen) atoms. The van der Waals surface area contributed by atoms with Gasteiger partial charge in [0.2, 0.25) is 5.91 Å². The number of ether oxygens (including phenoxy) is 1. The van der Waals surface area contributed by atoms with Crippen molar-refractivity contribution in [3.63, 3.8) is 0 Å². The summed E-state index contributed by atoms with van der Waals surface area (Å²) in [5.41, 5.74) is 0. The lowest BCUT2D eigenvalue weighted by molar-refractivity contribution is -0.139. The van der Waals surface area contributed by atoms with Gasteiger partial charge >= 0.3 is 5.97 Å². The highest BCUT2D eigenvalue weighted by atomic mass is 16.5. The van der Waals surface area contributed by atoms with Crippen molar-refractivity contribution in [1.29, 1.82) is 0 Å². The number of amides is 1. The number of nitrogens with zero attached hydrogens (tertiary/aromatic N) is 1. The maximum Gasteiger partial charge on any atom is 0.317 e. The largest absolute Gasteiger partial charge is 0.480 e. The highest BCUT2D eigenvalue weighted by Gasteiger charge is 2.16. The van der Waals surface area contributed by atoms with Crippen LogP contribution in [0.1, 0.15) is 34.1 Å². The molecule has 1 amide bonds. The molecule has 0 radical (unpaired) electrons. The van der Waals surface area contributed by atoms with Crippen LogP contribution in [-0.2, 0) is 14.3 Å². The van der Waals surface area contributed by atoms with Gasteiger partial charge in [-0.3, -0.25) is 14.5 Å². The second kappa shape index (κ2) is 9.75. The van der Waals surface area contributed by atoms with Gasteiger partial charge in [0.05, 0.1) is 19.2 Å². The Bertz CT molecular complexity index is 280. The molecule has 2 N–H and O–H groups in total. The van der Waals surface area contributed by atoms with Gasteiger partial charge in [-0.2, -0.15) is 0 Å². The average Bonchev–Trinajstić information content (AvgIpc) is 2.26. The molecule has 0 heterocycles. The average molecular weight is 274 g/mol. The van der Waals surface area contributed by atoms with Crippen LogP contribution in [0, 0.1) is 0 Å². The molecule has 0 fully saturated rings. The minimum absolute atomic E-state index is 0.0196. The molecule has 0 atom stereocenters. The van der Waals surface area contributed by atoms with Crippen LogP contribution >= 0.6 is 0 Å². The molecule has 0 rings (SSSR count). The minimum Gasteiger partial charge on any atom is -0.480 e. The van der Waals surface area contributed by atoms with Crippen LogP contribution in [-0.4, -0.2) is 60.3 Å². The zero-order valence-electron chi connectivity index (χ0n) is 12.3. The summed E-state index contributed by atoms with van der Waals surface area (Å²) in [6, 6.07) is 0.0196. The molecule has 0 aromatic carbocycles. The summed E-state index contributed by atoms with van der Waals surface area (Å²) < 4.78 is 5.36. The van der Waals surface area contributed by atoms with E-state index < -0.39 is 5.97 Å². The molecule has 0 aromatic rings. The Morgan fingerprint density at radius 2 is 1.84 bits per heavy atom. The van der Waals surface area contributed by atoms with Gasteiger partial charge < -0.3 is 15.2 Å². The fourth-order valence-electron chi connectivity index (χ4n) is 1.45. The third-order valence-electron chi connectivity index (χ3n) is 2.51. The summed E-state index contributed by atoms with van der Waals surface area (Å²) in [6.45, 7) is 8.80. The van der Waals surface area contributed by atoms with Gasteiger partial charge in [0, 0.05) is 19.2 Å². The molecule has 0 aliphatic carbocycles. The predicted molar refractivity (Wildman–Crippen MR) is 73.1 cm³/mol. The van der Waals surface area contributed by atoms with Gasteiger partial charge in [-0.1, -0.05) is 0 Å². The molecule has 0 unspecified atom stereocenters. The van der Waals surface area contributed by atoms with Crippen LogP contribution in [0.3, 0.4) is 0 Å². The third kappa shape index (κ3) is 10.5. The van der Waals surface area contributed by atoms with E-state index in [4.69, 9.17) is 9.84 Å². The van der Waals surface area contributed by atoms with Crippen LogP contribution < -0.4 is 5.32 Å². The second-order valence-corrected chi connectivity index (χ2v) is 5.02. The summed E-state index contributed by atoms with van der Waals surface area (Å²) in [7, 11) is 0. The molecule has 0 aliphatic rings. The predicted octanol–water partition coefficient (Wildman–Crippen LogP) is 0.713. The molecule has 0 aliphatic heterocycles. The number of nitrogens with one attached hydrogen (secondary N) is 1. The van der Waals surface area contributed by atoms with E-state index in [1.807, 2.05) is 27.7 Å². The van der Waals surface area contributed by atoms with Gasteiger partial charge in [-0.25, -0.2) is 0 Å². The van der Waals surface area contributed by atoms with Crippen LogP contribution in [0.25, 0.3) is 0 Å². The highest BCUT2D eigenvalue weighted by Crippen LogP contribution is 1.97. The fourth-order valence-corrected chi connectivity index (χ4v) is 1.45. The quantitative estimate of drug-likeness (QED) is 0.574. The maximum atomic E-state index is 11.6. The van der Waals surface area contributed by atoms with Crippen molar-refractivity contribution < 1.29 is 19.4 Å². The molecular weight excluding hydrogens is 248 g/mol. The molecule has 0 bridgehead atoms. The van der Waals surface area contributed by atoms with E-state index in [1.54, 1.807) is 4.90 Å². The normalized spacial score (nSPS) is 11.3. The van der Waals surface area contributed by atoms with E-state index >= 15 is 0 Å². The van der Waals surface area contributed by atoms with Crippen molar-refractivity contribution in [3.8, 4) is 0 Å². The van der Waals surface area contributed by atoms with Gasteiger partial charge in [0.25, 0.3) is 0 Å². The first kappa shape index (κ1) is 17.9. The highest BCUT2D eigenvalue weighted by molar-refractivity contribution is 5.79.